The molecule has 0 aliphatic heterocycles. The summed E-state index contributed by atoms with van der Waals surface area (Å²) in [7, 11) is 1.26. The van der Waals surface area contributed by atoms with Crippen LogP contribution in [0.4, 0.5) is 18.0 Å². The van der Waals surface area contributed by atoms with Gasteiger partial charge in [0.25, 0.3) is 0 Å². The van der Waals surface area contributed by atoms with Crippen molar-refractivity contribution in [2.45, 2.75) is 46.3 Å². The van der Waals surface area contributed by atoms with E-state index < -0.39 is 35.6 Å². The number of nitrogens with one attached hydrogen (secondary N) is 1. The van der Waals surface area contributed by atoms with E-state index in [4.69, 9.17) is 5.11 Å². The van der Waals surface area contributed by atoms with Crippen molar-refractivity contribution in [1.29, 1.82) is 0 Å². The van der Waals surface area contributed by atoms with Crippen LogP contribution in [0.1, 0.15) is 34.1 Å². The van der Waals surface area contributed by atoms with Crippen LogP contribution < -0.4 is 5.32 Å². The largest absolute Gasteiger partial charge is 0.481 e. The predicted molar refractivity (Wildman–Crippen MR) is 71.9 cm³/mol. The Morgan fingerprint density at radius 2 is 1.71 bits per heavy atom. The zero-order valence-corrected chi connectivity index (χ0v) is 12.9. The van der Waals surface area contributed by atoms with E-state index in [9.17, 15) is 22.8 Å². The number of aliphatic carboxylic acids is 1. The zero-order valence-electron chi connectivity index (χ0n) is 12.9. The maximum Gasteiger partial charge on any atom is 0.408 e. The number of alkyl halides is 3. The van der Waals surface area contributed by atoms with Crippen molar-refractivity contribution in [3.05, 3.63) is 0 Å². The Hall–Kier alpha value is -1.47. The molecular formula is C13H23F3N2O3. The van der Waals surface area contributed by atoms with Crippen molar-refractivity contribution in [2.75, 3.05) is 13.6 Å². The molecule has 2 N–H and O–H groups in total. The van der Waals surface area contributed by atoms with Gasteiger partial charge >= 0.3 is 18.2 Å². The van der Waals surface area contributed by atoms with Crippen LogP contribution in [0, 0.1) is 11.3 Å². The number of halogens is 3. The fourth-order valence-corrected chi connectivity index (χ4v) is 1.69. The van der Waals surface area contributed by atoms with Crippen molar-refractivity contribution in [3.63, 3.8) is 0 Å². The van der Waals surface area contributed by atoms with Crippen LogP contribution in [0.3, 0.4) is 0 Å². The van der Waals surface area contributed by atoms with Crippen LogP contribution in [-0.4, -0.2) is 47.8 Å². The van der Waals surface area contributed by atoms with Gasteiger partial charge in [0.15, 0.2) is 0 Å². The average molecular weight is 312 g/mol. The zero-order chi connectivity index (χ0) is 17.0. The molecule has 0 aliphatic rings. The molecule has 0 heterocycles. The minimum atomic E-state index is -4.55. The lowest BCUT2D eigenvalue weighted by atomic mass is 9.88. The topological polar surface area (TPSA) is 69.6 Å². The highest BCUT2D eigenvalue weighted by Gasteiger charge is 2.43. The van der Waals surface area contributed by atoms with Gasteiger partial charge in [0.1, 0.15) is 6.04 Å². The highest BCUT2D eigenvalue weighted by molar-refractivity contribution is 5.76. The summed E-state index contributed by atoms with van der Waals surface area (Å²) >= 11 is 0. The number of rotatable bonds is 5. The van der Waals surface area contributed by atoms with E-state index in [2.05, 4.69) is 0 Å². The summed E-state index contributed by atoms with van der Waals surface area (Å²) < 4.78 is 38.8. The van der Waals surface area contributed by atoms with E-state index in [1.165, 1.54) is 14.0 Å². The van der Waals surface area contributed by atoms with Gasteiger partial charge in [0.05, 0.1) is 5.92 Å². The minimum Gasteiger partial charge on any atom is -0.481 e. The molecular weight excluding hydrogens is 289 g/mol. The molecule has 0 rings (SSSR count). The summed E-state index contributed by atoms with van der Waals surface area (Å²) in [5, 5.41) is 10.7. The molecule has 0 fully saturated rings. The summed E-state index contributed by atoms with van der Waals surface area (Å²) in [5.41, 5.74) is -0.611. The summed E-state index contributed by atoms with van der Waals surface area (Å²) in [6.45, 7) is 6.15. The molecule has 0 aliphatic carbocycles. The summed E-state index contributed by atoms with van der Waals surface area (Å²) in [6.07, 6.45) is -4.81. The number of hydrogen-bond donors (Lipinski definition) is 2. The first-order valence-corrected chi connectivity index (χ1v) is 6.55. The van der Waals surface area contributed by atoms with Crippen molar-refractivity contribution < 1.29 is 27.9 Å². The molecule has 0 saturated heterocycles. The number of carbonyl (C=O) groups is 2. The number of amides is 2. The van der Waals surface area contributed by atoms with Crippen LogP contribution in [0.2, 0.25) is 0 Å². The van der Waals surface area contributed by atoms with Gasteiger partial charge in [0.2, 0.25) is 0 Å². The number of carbonyl (C=O) groups excluding carboxylic acids is 1. The van der Waals surface area contributed by atoms with Gasteiger partial charge in [-0.25, -0.2) is 4.79 Å². The van der Waals surface area contributed by atoms with Gasteiger partial charge in [-0.2, -0.15) is 13.2 Å². The van der Waals surface area contributed by atoms with Crippen LogP contribution in [0.15, 0.2) is 0 Å². The van der Waals surface area contributed by atoms with Gasteiger partial charge in [-0.05, 0) is 11.8 Å². The molecule has 0 saturated carbocycles. The molecule has 0 aromatic heterocycles. The van der Waals surface area contributed by atoms with E-state index in [1.54, 1.807) is 20.8 Å². The third-order valence-corrected chi connectivity index (χ3v) is 2.83. The van der Waals surface area contributed by atoms with E-state index in [0.29, 0.717) is 0 Å². The maximum atomic E-state index is 12.9. The summed E-state index contributed by atoms with van der Waals surface area (Å²) in [4.78, 5) is 23.4. The number of urea groups is 1. The molecule has 5 nitrogen and oxygen atoms in total. The summed E-state index contributed by atoms with van der Waals surface area (Å²) in [5.74, 6) is -1.97. The van der Waals surface area contributed by atoms with Crippen LogP contribution in [-0.2, 0) is 4.79 Å². The molecule has 0 bridgehead atoms. The quantitative estimate of drug-likeness (QED) is 0.820. The smallest absolute Gasteiger partial charge is 0.408 e. The first-order chi connectivity index (χ1) is 9.24. The molecule has 0 spiro atoms. The maximum absolute atomic E-state index is 12.9. The second-order valence-electron chi connectivity index (χ2n) is 6.43. The van der Waals surface area contributed by atoms with Gasteiger partial charge in [-0.1, -0.05) is 27.7 Å². The van der Waals surface area contributed by atoms with Crippen molar-refractivity contribution in [3.8, 4) is 0 Å². The first kappa shape index (κ1) is 19.5. The standard InChI is InChI=1S/C13H23F3N2O3/c1-8(10(19)20)7-18(5)11(21)17-9(13(14,15)16)6-12(2,3)4/h8-9H,6-7H2,1-5H3,(H,17,21)(H,19,20). The second kappa shape index (κ2) is 7.00. The third-order valence-electron chi connectivity index (χ3n) is 2.83. The van der Waals surface area contributed by atoms with E-state index in [0.717, 1.165) is 4.90 Å². The minimum absolute atomic E-state index is 0.165. The van der Waals surface area contributed by atoms with Gasteiger partial charge in [0, 0.05) is 13.6 Å². The predicted octanol–water partition coefficient (Wildman–Crippen LogP) is 2.72. The monoisotopic (exact) mass is 312 g/mol. The van der Waals surface area contributed by atoms with E-state index in [1.807, 2.05) is 5.32 Å². The Bertz CT molecular complexity index is 378. The van der Waals surface area contributed by atoms with Crippen molar-refractivity contribution >= 4 is 12.0 Å². The Balaban J connectivity index is 4.78. The Morgan fingerprint density at radius 3 is 2.05 bits per heavy atom. The van der Waals surface area contributed by atoms with Gasteiger partial charge in [-0.15, -0.1) is 0 Å². The summed E-state index contributed by atoms with van der Waals surface area (Å²) in [6, 6.07) is -2.90. The average Bonchev–Trinajstić information content (AvgIpc) is 2.24. The highest BCUT2D eigenvalue weighted by Crippen LogP contribution is 2.30. The Labute approximate surface area is 122 Å². The highest BCUT2D eigenvalue weighted by atomic mass is 19.4. The van der Waals surface area contributed by atoms with Crippen molar-refractivity contribution in [2.24, 2.45) is 11.3 Å². The second-order valence-corrected chi connectivity index (χ2v) is 6.43. The van der Waals surface area contributed by atoms with E-state index >= 15 is 0 Å². The first-order valence-electron chi connectivity index (χ1n) is 6.55. The number of nitrogens with zero attached hydrogens (tertiary/aromatic N) is 1. The van der Waals surface area contributed by atoms with Crippen LogP contribution in [0.5, 0.6) is 0 Å². The molecule has 21 heavy (non-hydrogen) atoms. The van der Waals surface area contributed by atoms with Gasteiger partial charge in [-0.3, -0.25) is 4.79 Å². The number of carboxylic acids is 1. The van der Waals surface area contributed by atoms with Crippen molar-refractivity contribution in [1.82, 2.24) is 10.2 Å². The van der Waals surface area contributed by atoms with Crippen LogP contribution in [0.25, 0.3) is 0 Å². The molecule has 2 atom stereocenters. The lowest BCUT2D eigenvalue weighted by molar-refractivity contribution is -0.159. The number of hydrogen-bond acceptors (Lipinski definition) is 2. The molecule has 2 amide bonds. The Morgan fingerprint density at radius 1 is 1.24 bits per heavy atom. The Kier molecular flexibility index (Phi) is 6.51. The molecule has 8 heteroatoms. The fraction of sp³-hybridized carbons (Fsp3) is 0.846. The van der Waals surface area contributed by atoms with Gasteiger partial charge < -0.3 is 15.3 Å². The van der Waals surface area contributed by atoms with Crippen LogP contribution >= 0.6 is 0 Å². The van der Waals surface area contributed by atoms with E-state index in [-0.39, 0.29) is 13.0 Å². The third kappa shape index (κ3) is 7.77. The fourth-order valence-electron chi connectivity index (χ4n) is 1.69. The molecule has 0 aromatic carbocycles. The normalized spacial score (nSPS) is 15.2. The molecule has 0 aromatic rings. The lowest BCUT2D eigenvalue weighted by Gasteiger charge is -2.30. The molecule has 2 unspecified atom stereocenters. The SMILES string of the molecule is CC(CN(C)C(=O)NC(CC(C)(C)C)C(F)(F)F)C(=O)O. The lowest BCUT2D eigenvalue weighted by Crippen LogP contribution is -2.52. The molecule has 124 valence electrons. The number of carboxylic acid groups (broad SMARTS) is 1. The molecule has 0 radical (unpaired) electrons.